The predicted molar refractivity (Wildman–Crippen MR) is 151 cm³/mol. The summed E-state index contributed by atoms with van der Waals surface area (Å²) in [5.41, 5.74) is 3.54. The highest BCUT2D eigenvalue weighted by Crippen LogP contribution is 2.35. The Morgan fingerprint density at radius 1 is 1.21 bits per heavy atom. The number of nitriles is 1. The number of aromatic nitrogens is 4. The maximum atomic E-state index is 13.7. The van der Waals surface area contributed by atoms with Crippen LogP contribution in [0.5, 0.6) is 0 Å². The van der Waals surface area contributed by atoms with Crippen molar-refractivity contribution in [2.45, 2.75) is 25.4 Å². The van der Waals surface area contributed by atoms with E-state index in [1.807, 2.05) is 27.9 Å². The number of fused-ring (bicyclic) bond motifs is 1. The Morgan fingerprint density at radius 3 is 2.72 bits per heavy atom. The van der Waals surface area contributed by atoms with E-state index in [1.165, 1.54) is 18.3 Å². The van der Waals surface area contributed by atoms with Gasteiger partial charge in [0.05, 0.1) is 46.5 Å². The number of halogens is 3. The van der Waals surface area contributed by atoms with E-state index < -0.39 is 16.5 Å². The van der Waals surface area contributed by atoms with Crippen molar-refractivity contribution in [2.75, 3.05) is 29.6 Å². The average Bonchev–Trinajstić information content (AvgIpc) is 3.39. The van der Waals surface area contributed by atoms with Crippen LogP contribution in [-0.2, 0) is 17.2 Å². The van der Waals surface area contributed by atoms with Crippen molar-refractivity contribution < 1.29 is 12.8 Å². The molecule has 5 rings (SSSR count). The first-order valence-corrected chi connectivity index (χ1v) is 14.6. The number of pyridine rings is 1. The molecular weight excluding hydrogens is 611 g/mol. The van der Waals surface area contributed by atoms with Gasteiger partial charge in [-0.15, -0.1) is 5.10 Å². The van der Waals surface area contributed by atoms with Crippen molar-refractivity contribution in [3.8, 4) is 6.07 Å². The molecule has 1 aliphatic rings. The van der Waals surface area contributed by atoms with E-state index in [9.17, 15) is 18.1 Å². The minimum absolute atomic E-state index is 0.0293. The van der Waals surface area contributed by atoms with Crippen LogP contribution in [0.3, 0.4) is 0 Å². The van der Waals surface area contributed by atoms with E-state index in [-0.39, 0.29) is 16.9 Å². The number of piperidine rings is 1. The third-order valence-corrected chi connectivity index (χ3v) is 8.04. The lowest BCUT2D eigenvalue weighted by Crippen LogP contribution is -2.35. The van der Waals surface area contributed by atoms with Crippen LogP contribution in [0.15, 0.2) is 47.2 Å². The van der Waals surface area contributed by atoms with Crippen molar-refractivity contribution in [3.63, 3.8) is 0 Å². The minimum atomic E-state index is -2.41. The summed E-state index contributed by atoms with van der Waals surface area (Å²) in [5.74, 6) is -0.438. The molecule has 0 radical (unpaired) electrons. The molecule has 202 valence electrons. The predicted octanol–water partition coefficient (Wildman–Crippen LogP) is 4.81. The van der Waals surface area contributed by atoms with Crippen LogP contribution in [0, 0.1) is 17.1 Å². The summed E-state index contributed by atoms with van der Waals surface area (Å²) in [6.07, 6.45) is 5.00. The number of likely N-dealkylation sites (tertiary alicyclic amines) is 1. The zero-order valence-electron chi connectivity index (χ0n) is 20.4. The molecule has 14 heteroatoms. The van der Waals surface area contributed by atoms with E-state index >= 15 is 0 Å². The van der Waals surface area contributed by atoms with Crippen LogP contribution in [-0.4, -0.2) is 52.3 Å². The summed E-state index contributed by atoms with van der Waals surface area (Å²) >= 11 is 9.53. The summed E-state index contributed by atoms with van der Waals surface area (Å²) in [6.45, 7) is 1.81. The standard InChI is InChI=1S/C25H23BrClFN8O2S/c26-21-8-17(30-12-18-13-36(34-33-18)19-3-5-35(6-4-19)14-39(37)38)7-20-24(15(10-29)11-31-25(20)21)32-16-1-2-23(28)22(27)9-16/h1-2,7-9,11,13,19,30,39H,3-6,12,14H2,(H,31,32). The summed E-state index contributed by atoms with van der Waals surface area (Å²) in [6, 6.07) is 10.4. The number of benzene rings is 2. The third kappa shape index (κ3) is 6.30. The number of hydrogen-bond acceptors (Lipinski definition) is 9. The Hall–Kier alpha value is -3.31. The van der Waals surface area contributed by atoms with Gasteiger partial charge in [0.15, 0.2) is 10.7 Å². The number of hydrogen-bond donors (Lipinski definition) is 3. The van der Waals surface area contributed by atoms with Gasteiger partial charge in [-0.05, 0) is 59.1 Å². The van der Waals surface area contributed by atoms with Gasteiger partial charge in [0.25, 0.3) is 0 Å². The van der Waals surface area contributed by atoms with Crippen molar-refractivity contribution in [1.29, 1.82) is 5.26 Å². The van der Waals surface area contributed by atoms with E-state index in [0.717, 1.165) is 28.7 Å². The molecule has 2 aromatic heterocycles. The molecule has 1 aliphatic heterocycles. The average molecular weight is 634 g/mol. The molecule has 0 atom stereocenters. The fraction of sp³-hybridized carbons (Fsp3) is 0.280. The van der Waals surface area contributed by atoms with Crippen LogP contribution < -0.4 is 10.6 Å². The second-order valence-corrected chi connectivity index (χ2v) is 11.3. The van der Waals surface area contributed by atoms with Crippen molar-refractivity contribution in [3.05, 3.63) is 69.3 Å². The molecule has 2 N–H and O–H groups in total. The molecule has 10 nitrogen and oxygen atoms in total. The van der Waals surface area contributed by atoms with Gasteiger partial charge in [-0.25, -0.2) is 17.5 Å². The third-order valence-electron chi connectivity index (χ3n) is 6.51. The molecule has 39 heavy (non-hydrogen) atoms. The van der Waals surface area contributed by atoms with Crippen molar-refractivity contribution in [1.82, 2.24) is 24.9 Å². The Labute approximate surface area is 238 Å². The van der Waals surface area contributed by atoms with Gasteiger partial charge in [-0.1, -0.05) is 16.8 Å². The van der Waals surface area contributed by atoms with Gasteiger partial charge >= 0.3 is 0 Å². The molecule has 0 amide bonds. The lowest BCUT2D eigenvalue weighted by atomic mass is 10.1. The molecule has 0 saturated carbocycles. The molecular formula is C25H23BrClFN8O2S. The number of thiol groups is 1. The van der Waals surface area contributed by atoms with Gasteiger partial charge in [0.1, 0.15) is 17.6 Å². The quantitative estimate of drug-likeness (QED) is 0.234. The summed E-state index contributed by atoms with van der Waals surface area (Å²) < 4.78 is 38.2. The Kier molecular flexibility index (Phi) is 8.27. The van der Waals surface area contributed by atoms with Crippen molar-refractivity contribution in [2.24, 2.45) is 0 Å². The SMILES string of the molecule is N#Cc1cnc2c(Br)cc(NCc3cn(C4CCN(C[SH](=O)=O)CC4)nn3)cc2c1Nc1ccc(F)c(Cl)c1. The van der Waals surface area contributed by atoms with Gasteiger partial charge in [0.2, 0.25) is 0 Å². The van der Waals surface area contributed by atoms with Gasteiger partial charge in [-0.2, -0.15) is 5.26 Å². The molecule has 1 saturated heterocycles. The summed E-state index contributed by atoms with van der Waals surface area (Å²) in [4.78, 5) is 6.37. The summed E-state index contributed by atoms with van der Waals surface area (Å²) in [7, 11) is -2.41. The van der Waals surface area contributed by atoms with Gasteiger partial charge in [0, 0.05) is 40.5 Å². The Bertz CT molecular complexity index is 1640. The first-order chi connectivity index (χ1) is 18.8. The Balaban J connectivity index is 1.34. The Morgan fingerprint density at radius 2 is 2.00 bits per heavy atom. The molecule has 1 fully saturated rings. The fourth-order valence-electron chi connectivity index (χ4n) is 4.55. The molecule has 0 unspecified atom stereocenters. The minimum Gasteiger partial charge on any atom is -0.379 e. The fourth-order valence-corrected chi connectivity index (χ4v) is 5.91. The maximum Gasteiger partial charge on any atom is 0.153 e. The van der Waals surface area contributed by atoms with Crippen LogP contribution >= 0.6 is 27.5 Å². The zero-order chi connectivity index (χ0) is 27.5. The molecule has 3 heterocycles. The second-order valence-electron chi connectivity index (χ2n) is 9.13. The number of anilines is 3. The molecule has 2 aromatic carbocycles. The molecule has 0 spiro atoms. The number of nitrogens with one attached hydrogen (secondary N) is 2. The number of rotatable bonds is 8. The van der Waals surface area contributed by atoms with Crippen LogP contribution in [0.1, 0.15) is 30.1 Å². The second kappa shape index (κ2) is 11.8. The van der Waals surface area contributed by atoms with Crippen LogP contribution in [0.4, 0.5) is 21.5 Å². The monoisotopic (exact) mass is 632 g/mol. The first-order valence-electron chi connectivity index (χ1n) is 12.0. The van der Waals surface area contributed by atoms with E-state index in [2.05, 4.69) is 47.9 Å². The largest absolute Gasteiger partial charge is 0.379 e. The first kappa shape index (κ1) is 27.3. The highest BCUT2D eigenvalue weighted by atomic mass is 79.9. The molecule has 0 bridgehead atoms. The van der Waals surface area contributed by atoms with Gasteiger partial charge < -0.3 is 10.6 Å². The normalized spacial score (nSPS) is 14.5. The summed E-state index contributed by atoms with van der Waals surface area (Å²) in [5, 5.41) is 25.5. The number of nitrogens with zero attached hydrogens (tertiary/aromatic N) is 6. The molecule has 4 aromatic rings. The van der Waals surface area contributed by atoms with E-state index in [0.29, 0.717) is 47.5 Å². The van der Waals surface area contributed by atoms with Crippen LogP contribution in [0.2, 0.25) is 5.02 Å². The molecule has 0 aliphatic carbocycles. The zero-order valence-corrected chi connectivity index (χ0v) is 23.7. The smallest absolute Gasteiger partial charge is 0.153 e. The van der Waals surface area contributed by atoms with Crippen LogP contribution in [0.25, 0.3) is 10.9 Å². The maximum absolute atomic E-state index is 13.7. The van der Waals surface area contributed by atoms with E-state index in [1.54, 1.807) is 6.07 Å². The topological polar surface area (TPSA) is 129 Å². The lowest BCUT2D eigenvalue weighted by molar-refractivity contribution is 0.201. The highest BCUT2D eigenvalue weighted by molar-refractivity contribution is 9.10. The van der Waals surface area contributed by atoms with Gasteiger partial charge in [-0.3, -0.25) is 9.88 Å². The lowest BCUT2D eigenvalue weighted by Gasteiger charge is -2.30. The van der Waals surface area contributed by atoms with Crippen molar-refractivity contribution >= 4 is 66.2 Å². The highest BCUT2D eigenvalue weighted by Gasteiger charge is 2.22. The van der Waals surface area contributed by atoms with E-state index in [4.69, 9.17) is 11.6 Å².